The highest BCUT2D eigenvalue weighted by atomic mass is 16.3. The number of furan rings is 1. The van der Waals surface area contributed by atoms with Crippen molar-refractivity contribution in [3.05, 3.63) is 41.1 Å². The van der Waals surface area contributed by atoms with E-state index in [4.69, 9.17) is 4.42 Å². The standard InChI is InChI=1S/C17H21N3O2/c1-10-7-14(10)16-6-5-13(22-16)9-20(12-3-4-12)17(21)15-8-11(2)18-19-15/h5-6,8,10,12,14H,3-4,7,9H2,1-2H3,(H,18,19)/t10-,14+/m1/s1. The number of hydrogen-bond donors (Lipinski definition) is 1. The lowest BCUT2D eigenvalue weighted by Gasteiger charge is -2.20. The van der Waals surface area contributed by atoms with Gasteiger partial charge >= 0.3 is 0 Å². The molecule has 2 aromatic heterocycles. The molecule has 1 N–H and O–H groups in total. The van der Waals surface area contributed by atoms with Gasteiger partial charge in [-0.15, -0.1) is 0 Å². The molecular weight excluding hydrogens is 278 g/mol. The first-order chi connectivity index (χ1) is 10.6. The zero-order valence-corrected chi connectivity index (χ0v) is 13.0. The van der Waals surface area contributed by atoms with Crippen molar-refractivity contribution in [2.75, 3.05) is 0 Å². The molecular formula is C17H21N3O2. The number of hydrogen-bond acceptors (Lipinski definition) is 3. The van der Waals surface area contributed by atoms with E-state index < -0.39 is 0 Å². The quantitative estimate of drug-likeness (QED) is 0.922. The van der Waals surface area contributed by atoms with Crippen LogP contribution in [0.25, 0.3) is 0 Å². The fourth-order valence-corrected chi connectivity index (χ4v) is 2.99. The zero-order valence-electron chi connectivity index (χ0n) is 13.0. The van der Waals surface area contributed by atoms with E-state index in [-0.39, 0.29) is 5.91 Å². The minimum absolute atomic E-state index is 0.00964. The number of nitrogens with one attached hydrogen (secondary N) is 1. The Kier molecular flexibility index (Phi) is 3.10. The lowest BCUT2D eigenvalue weighted by molar-refractivity contribution is 0.0710. The monoisotopic (exact) mass is 299 g/mol. The molecule has 2 saturated carbocycles. The Bertz CT molecular complexity index is 698. The van der Waals surface area contributed by atoms with Gasteiger partial charge in [0.05, 0.1) is 6.54 Å². The summed E-state index contributed by atoms with van der Waals surface area (Å²) in [7, 11) is 0. The summed E-state index contributed by atoms with van der Waals surface area (Å²) in [5.74, 6) is 3.24. The highest BCUT2D eigenvalue weighted by Gasteiger charge is 2.38. The van der Waals surface area contributed by atoms with Gasteiger partial charge in [0, 0.05) is 17.7 Å². The van der Waals surface area contributed by atoms with Crippen molar-refractivity contribution in [2.45, 2.75) is 51.6 Å². The fourth-order valence-electron chi connectivity index (χ4n) is 2.99. The van der Waals surface area contributed by atoms with Crippen LogP contribution in [0, 0.1) is 12.8 Å². The maximum absolute atomic E-state index is 12.7. The molecule has 2 aliphatic rings. The van der Waals surface area contributed by atoms with Gasteiger partial charge in [-0.3, -0.25) is 9.89 Å². The average Bonchev–Trinajstić information content (AvgIpc) is 3.37. The molecule has 2 heterocycles. The highest BCUT2D eigenvalue weighted by molar-refractivity contribution is 5.92. The van der Waals surface area contributed by atoms with Crippen LogP contribution in [0.15, 0.2) is 22.6 Å². The first-order valence-corrected chi connectivity index (χ1v) is 8.03. The molecule has 116 valence electrons. The third kappa shape index (κ3) is 2.56. The molecule has 2 aromatic rings. The summed E-state index contributed by atoms with van der Waals surface area (Å²) in [5.41, 5.74) is 1.40. The molecule has 0 aromatic carbocycles. The van der Waals surface area contributed by atoms with Crippen molar-refractivity contribution in [1.29, 1.82) is 0 Å². The van der Waals surface area contributed by atoms with E-state index in [1.54, 1.807) is 6.07 Å². The number of rotatable bonds is 5. The van der Waals surface area contributed by atoms with E-state index >= 15 is 0 Å². The Morgan fingerprint density at radius 2 is 2.23 bits per heavy atom. The Hall–Kier alpha value is -2.04. The molecule has 0 spiro atoms. The predicted octanol–water partition coefficient (Wildman–Crippen LogP) is 3.24. The summed E-state index contributed by atoms with van der Waals surface area (Å²) in [6.07, 6.45) is 3.36. The number of amides is 1. The second-order valence-electron chi connectivity index (χ2n) is 6.72. The minimum Gasteiger partial charge on any atom is -0.464 e. The summed E-state index contributed by atoms with van der Waals surface area (Å²) in [6, 6.07) is 6.21. The van der Waals surface area contributed by atoms with Gasteiger partial charge in [0.25, 0.3) is 5.91 Å². The maximum Gasteiger partial charge on any atom is 0.275 e. The fraction of sp³-hybridized carbons (Fsp3) is 0.529. The first-order valence-electron chi connectivity index (χ1n) is 8.03. The molecule has 2 aliphatic carbocycles. The second-order valence-corrected chi connectivity index (χ2v) is 6.72. The Labute approximate surface area is 129 Å². The molecule has 2 atom stereocenters. The number of H-pyrrole nitrogens is 1. The van der Waals surface area contributed by atoms with Crippen LogP contribution >= 0.6 is 0 Å². The molecule has 5 heteroatoms. The molecule has 22 heavy (non-hydrogen) atoms. The van der Waals surface area contributed by atoms with Crippen LogP contribution in [0.4, 0.5) is 0 Å². The predicted molar refractivity (Wildman–Crippen MR) is 81.5 cm³/mol. The molecule has 1 amide bonds. The van der Waals surface area contributed by atoms with E-state index in [0.717, 1.165) is 36.0 Å². The van der Waals surface area contributed by atoms with Gasteiger partial charge in [-0.25, -0.2) is 0 Å². The molecule has 0 aliphatic heterocycles. The van der Waals surface area contributed by atoms with Crippen LogP contribution in [0.2, 0.25) is 0 Å². The normalized spacial score (nSPS) is 23.5. The van der Waals surface area contributed by atoms with Gasteiger partial charge in [0.2, 0.25) is 0 Å². The lowest BCUT2D eigenvalue weighted by atomic mass is 10.2. The van der Waals surface area contributed by atoms with Crippen molar-refractivity contribution in [3.8, 4) is 0 Å². The molecule has 0 radical (unpaired) electrons. The smallest absolute Gasteiger partial charge is 0.275 e. The first kappa shape index (κ1) is 13.6. The molecule has 0 bridgehead atoms. The third-order valence-corrected chi connectivity index (χ3v) is 4.66. The topological polar surface area (TPSA) is 62.1 Å². The van der Waals surface area contributed by atoms with Crippen LogP contribution in [0.1, 0.15) is 59.8 Å². The van der Waals surface area contributed by atoms with Crippen LogP contribution in [-0.2, 0) is 6.54 Å². The minimum atomic E-state index is -0.00964. The average molecular weight is 299 g/mol. The van der Waals surface area contributed by atoms with Crippen LogP contribution < -0.4 is 0 Å². The van der Waals surface area contributed by atoms with Crippen molar-refractivity contribution >= 4 is 5.91 Å². The number of carbonyl (C=O) groups excluding carboxylic acids is 1. The van der Waals surface area contributed by atoms with Gasteiger partial charge in [0.15, 0.2) is 0 Å². The van der Waals surface area contributed by atoms with Gasteiger partial charge < -0.3 is 9.32 Å². The van der Waals surface area contributed by atoms with Crippen molar-refractivity contribution in [3.63, 3.8) is 0 Å². The number of aryl methyl sites for hydroxylation is 1. The molecule has 2 fully saturated rings. The van der Waals surface area contributed by atoms with Gasteiger partial charge in [-0.2, -0.15) is 5.10 Å². The number of aromatic nitrogens is 2. The SMILES string of the molecule is Cc1cc(C(=O)N(Cc2ccc([C@H]3C[C@H]3C)o2)C2CC2)n[nH]1. The summed E-state index contributed by atoms with van der Waals surface area (Å²) < 4.78 is 5.96. The number of aromatic amines is 1. The summed E-state index contributed by atoms with van der Waals surface area (Å²) in [5, 5.41) is 6.93. The lowest BCUT2D eigenvalue weighted by Crippen LogP contribution is -2.32. The zero-order chi connectivity index (χ0) is 15.3. The number of nitrogens with zero attached hydrogens (tertiary/aromatic N) is 2. The van der Waals surface area contributed by atoms with Gasteiger partial charge in [-0.05, 0) is 50.3 Å². The van der Waals surface area contributed by atoms with Crippen molar-refractivity contribution in [2.24, 2.45) is 5.92 Å². The summed E-state index contributed by atoms with van der Waals surface area (Å²) in [4.78, 5) is 14.5. The van der Waals surface area contributed by atoms with Crippen molar-refractivity contribution < 1.29 is 9.21 Å². The van der Waals surface area contributed by atoms with Gasteiger partial charge in [0.1, 0.15) is 17.2 Å². The second kappa shape index (κ2) is 5.00. The Balaban J connectivity index is 1.50. The third-order valence-electron chi connectivity index (χ3n) is 4.66. The van der Waals surface area contributed by atoms with Crippen LogP contribution in [-0.4, -0.2) is 27.0 Å². The Morgan fingerprint density at radius 3 is 2.82 bits per heavy atom. The number of carbonyl (C=O) groups is 1. The summed E-state index contributed by atoms with van der Waals surface area (Å²) >= 11 is 0. The molecule has 5 nitrogen and oxygen atoms in total. The summed E-state index contributed by atoms with van der Waals surface area (Å²) in [6.45, 7) is 4.68. The van der Waals surface area contributed by atoms with E-state index in [1.807, 2.05) is 17.9 Å². The molecule has 0 saturated heterocycles. The van der Waals surface area contributed by atoms with Crippen molar-refractivity contribution in [1.82, 2.24) is 15.1 Å². The molecule has 0 unspecified atom stereocenters. The van der Waals surface area contributed by atoms with E-state index in [2.05, 4.69) is 23.2 Å². The van der Waals surface area contributed by atoms with Crippen LogP contribution in [0.3, 0.4) is 0 Å². The van der Waals surface area contributed by atoms with E-state index in [9.17, 15) is 4.79 Å². The maximum atomic E-state index is 12.7. The van der Waals surface area contributed by atoms with E-state index in [0.29, 0.717) is 24.2 Å². The molecule has 4 rings (SSSR count). The highest BCUT2D eigenvalue weighted by Crippen LogP contribution is 2.47. The van der Waals surface area contributed by atoms with E-state index in [1.165, 1.54) is 6.42 Å². The largest absolute Gasteiger partial charge is 0.464 e. The Morgan fingerprint density at radius 1 is 1.45 bits per heavy atom. The van der Waals surface area contributed by atoms with Crippen LogP contribution in [0.5, 0.6) is 0 Å². The van der Waals surface area contributed by atoms with Gasteiger partial charge in [-0.1, -0.05) is 6.92 Å².